The van der Waals surface area contributed by atoms with Crippen molar-refractivity contribution >= 4 is 29.3 Å². The van der Waals surface area contributed by atoms with E-state index in [-0.39, 0.29) is 17.4 Å². The van der Waals surface area contributed by atoms with Crippen LogP contribution in [0, 0.1) is 0 Å². The molecular weight excluding hydrogens is 278 g/mol. The first-order valence-electron chi connectivity index (χ1n) is 6.14. The Kier molecular flexibility index (Phi) is 3.79. The lowest BCUT2D eigenvalue weighted by Crippen LogP contribution is -2.27. The standard InChI is InChI=1S/C13H15N3O5/c1-13(2,3)21-12(18)16-11-15-9-8(20-11)6-5-7(14-9)10(17)19-4/h5-6H,1-4H3,(H,14,15,16,18). The molecule has 2 heterocycles. The van der Waals surface area contributed by atoms with Gasteiger partial charge in [-0.1, -0.05) is 0 Å². The van der Waals surface area contributed by atoms with Gasteiger partial charge in [-0.15, -0.1) is 0 Å². The third-order valence-electron chi connectivity index (χ3n) is 2.26. The molecule has 8 nitrogen and oxygen atoms in total. The quantitative estimate of drug-likeness (QED) is 0.847. The molecule has 2 aromatic rings. The van der Waals surface area contributed by atoms with Crippen molar-refractivity contribution < 1.29 is 23.5 Å². The normalized spacial score (nSPS) is 11.2. The molecule has 0 saturated carbocycles. The summed E-state index contributed by atoms with van der Waals surface area (Å²) in [6, 6.07) is 2.90. The summed E-state index contributed by atoms with van der Waals surface area (Å²) in [4.78, 5) is 30.9. The highest BCUT2D eigenvalue weighted by atomic mass is 16.6. The van der Waals surface area contributed by atoms with E-state index in [1.54, 1.807) is 20.8 Å². The van der Waals surface area contributed by atoms with Gasteiger partial charge in [-0.05, 0) is 32.9 Å². The highest BCUT2D eigenvalue weighted by Gasteiger charge is 2.19. The third-order valence-corrected chi connectivity index (χ3v) is 2.26. The van der Waals surface area contributed by atoms with Crippen LogP contribution in [-0.4, -0.2) is 34.7 Å². The second-order valence-corrected chi connectivity index (χ2v) is 5.16. The van der Waals surface area contributed by atoms with Crippen LogP contribution in [0.3, 0.4) is 0 Å². The largest absolute Gasteiger partial charge is 0.464 e. The van der Waals surface area contributed by atoms with Crippen LogP contribution >= 0.6 is 0 Å². The molecule has 0 aliphatic carbocycles. The van der Waals surface area contributed by atoms with Gasteiger partial charge in [-0.2, -0.15) is 4.98 Å². The molecule has 0 atom stereocenters. The van der Waals surface area contributed by atoms with Gasteiger partial charge >= 0.3 is 18.1 Å². The van der Waals surface area contributed by atoms with Crippen molar-refractivity contribution in [3.05, 3.63) is 17.8 Å². The fraction of sp³-hybridized carbons (Fsp3) is 0.385. The first kappa shape index (κ1) is 14.8. The maximum Gasteiger partial charge on any atom is 0.415 e. The topological polar surface area (TPSA) is 104 Å². The van der Waals surface area contributed by atoms with Crippen molar-refractivity contribution in [3.63, 3.8) is 0 Å². The molecule has 0 saturated heterocycles. The van der Waals surface area contributed by atoms with Gasteiger partial charge in [0.05, 0.1) is 7.11 Å². The molecular formula is C13H15N3O5. The fourth-order valence-corrected chi connectivity index (χ4v) is 1.48. The van der Waals surface area contributed by atoms with Crippen LogP contribution in [0.1, 0.15) is 31.3 Å². The molecule has 2 rings (SSSR count). The van der Waals surface area contributed by atoms with E-state index in [0.717, 1.165) is 0 Å². The number of methoxy groups -OCH3 is 1. The van der Waals surface area contributed by atoms with Gasteiger partial charge in [0.2, 0.25) is 5.65 Å². The van der Waals surface area contributed by atoms with Crippen LogP contribution in [0.15, 0.2) is 16.5 Å². The molecule has 0 spiro atoms. The van der Waals surface area contributed by atoms with E-state index >= 15 is 0 Å². The molecule has 21 heavy (non-hydrogen) atoms. The summed E-state index contributed by atoms with van der Waals surface area (Å²) in [5, 5.41) is 2.36. The number of esters is 1. The van der Waals surface area contributed by atoms with E-state index in [4.69, 9.17) is 9.15 Å². The SMILES string of the molecule is COC(=O)c1ccc2oc(NC(=O)OC(C)(C)C)nc2n1. The minimum atomic E-state index is -0.692. The highest BCUT2D eigenvalue weighted by Crippen LogP contribution is 2.18. The second-order valence-electron chi connectivity index (χ2n) is 5.16. The Hall–Kier alpha value is -2.64. The zero-order chi connectivity index (χ0) is 15.6. The lowest BCUT2D eigenvalue weighted by atomic mass is 10.2. The van der Waals surface area contributed by atoms with E-state index in [0.29, 0.717) is 5.58 Å². The minimum Gasteiger partial charge on any atom is -0.464 e. The van der Waals surface area contributed by atoms with Crippen LogP contribution in [-0.2, 0) is 9.47 Å². The van der Waals surface area contributed by atoms with Crippen LogP contribution in [0.4, 0.5) is 10.8 Å². The summed E-state index contributed by atoms with van der Waals surface area (Å²) >= 11 is 0. The Bertz CT molecular complexity index is 687. The summed E-state index contributed by atoms with van der Waals surface area (Å²) < 4.78 is 14.9. The number of carbonyl (C=O) groups excluding carboxylic acids is 2. The summed E-state index contributed by atoms with van der Waals surface area (Å²) in [5.41, 5.74) is -0.0216. The van der Waals surface area contributed by atoms with Gasteiger partial charge in [-0.3, -0.25) is 0 Å². The Morgan fingerprint density at radius 2 is 1.95 bits per heavy atom. The van der Waals surface area contributed by atoms with Crippen molar-refractivity contribution in [2.45, 2.75) is 26.4 Å². The first-order valence-corrected chi connectivity index (χ1v) is 6.14. The van der Waals surface area contributed by atoms with E-state index in [9.17, 15) is 9.59 Å². The van der Waals surface area contributed by atoms with Crippen molar-refractivity contribution in [3.8, 4) is 0 Å². The predicted molar refractivity (Wildman–Crippen MR) is 73.0 cm³/mol. The van der Waals surface area contributed by atoms with E-state index < -0.39 is 17.7 Å². The molecule has 0 radical (unpaired) electrons. The number of nitrogens with zero attached hydrogens (tertiary/aromatic N) is 2. The van der Waals surface area contributed by atoms with Gasteiger partial charge in [0.25, 0.3) is 0 Å². The van der Waals surface area contributed by atoms with Crippen molar-refractivity contribution in [2.75, 3.05) is 12.4 Å². The third kappa shape index (κ3) is 3.68. The van der Waals surface area contributed by atoms with Crippen LogP contribution in [0.2, 0.25) is 0 Å². The van der Waals surface area contributed by atoms with E-state index in [1.807, 2.05) is 0 Å². The lowest BCUT2D eigenvalue weighted by molar-refractivity contribution is 0.0592. The number of amides is 1. The number of oxazole rings is 1. The number of anilines is 1. The van der Waals surface area contributed by atoms with E-state index in [2.05, 4.69) is 20.0 Å². The number of hydrogen-bond acceptors (Lipinski definition) is 7. The smallest absolute Gasteiger partial charge is 0.415 e. The van der Waals surface area contributed by atoms with Crippen molar-refractivity contribution in [2.24, 2.45) is 0 Å². The average molecular weight is 293 g/mol. The summed E-state index contributed by atoms with van der Waals surface area (Å²) in [7, 11) is 1.26. The number of pyridine rings is 1. The molecule has 0 fully saturated rings. The van der Waals surface area contributed by atoms with Crippen molar-refractivity contribution in [1.29, 1.82) is 0 Å². The number of aromatic nitrogens is 2. The molecule has 8 heteroatoms. The lowest BCUT2D eigenvalue weighted by Gasteiger charge is -2.18. The number of ether oxygens (including phenoxy) is 2. The zero-order valence-corrected chi connectivity index (χ0v) is 12.1. The summed E-state index contributed by atoms with van der Waals surface area (Å²) in [5.74, 6) is -0.582. The highest BCUT2D eigenvalue weighted by molar-refractivity contribution is 5.90. The molecule has 1 N–H and O–H groups in total. The number of rotatable bonds is 2. The van der Waals surface area contributed by atoms with Gasteiger partial charge in [0.15, 0.2) is 11.3 Å². The number of nitrogens with one attached hydrogen (secondary N) is 1. The summed E-state index contributed by atoms with van der Waals surface area (Å²) in [6.45, 7) is 5.22. The maximum absolute atomic E-state index is 11.6. The fourth-order valence-electron chi connectivity index (χ4n) is 1.48. The van der Waals surface area contributed by atoms with Crippen LogP contribution in [0.5, 0.6) is 0 Å². The molecule has 0 aromatic carbocycles. The zero-order valence-electron chi connectivity index (χ0n) is 12.1. The van der Waals surface area contributed by atoms with Gasteiger partial charge in [0.1, 0.15) is 5.60 Å². The molecule has 0 bridgehead atoms. The molecule has 1 amide bonds. The number of hydrogen-bond donors (Lipinski definition) is 1. The number of carbonyl (C=O) groups is 2. The van der Waals surface area contributed by atoms with Gasteiger partial charge in [0, 0.05) is 0 Å². The summed E-state index contributed by atoms with van der Waals surface area (Å²) in [6.07, 6.45) is -0.692. The Balaban J connectivity index is 2.19. The second kappa shape index (κ2) is 5.39. The number of fused-ring (bicyclic) bond motifs is 1. The maximum atomic E-state index is 11.6. The van der Waals surface area contributed by atoms with Crippen molar-refractivity contribution in [1.82, 2.24) is 9.97 Å². The molecule has 0 aliphatic rings. The monoisotopic (exact) mass is 293 g/mol. The Morgan fingerprint density at radius 3 is 2.57 bits per heavy atom. The average Bonchev–Trinajstić information content (AvgIpc) is 2.76. The van der Waals surface area contributed by atoms with E-state index in [1.165, 1.54) is 19.2 Å². The molecule has 0 aliphatic heterocycles. The minimum absolute atomic E-state index is 0.0613. The Morgan fingerprint density at radius 1 is 1.24 bits per heavy atom. The van der Waals surface area contributed by atoms with Crippen LogP contribution < -0.4 is 5.32 Å². The molecule has 0 unspecified atom stereocenters. The van der Waals surface area contributed by atoms with Crippen LogP contribution in [0.25, 0.3) is 11.2 Å². The molecule has 112 valence electrons. The first-order chi connectivity index (χ1) is 9.78. The predicted octanol–water partition coefficient (Wildman–Crippen LogP) is 2.36. The Labute approximate surface area is 120 Å². The van der Waals surface area contributed by atoms with Gasteiger partial charge < -0.3 is 13.9 Å². The van der Waals surface area contributed by atoms with Gasteiger partial charge in [-0.25, -0.2) is 19.9 Å². The molecule has 2 aromatic heterocycles.